The molecule has 0 unspecified atom stereocenters. The quantitative estimate of drug-likeness (QED) is 0.708. The Morgan fingerprint density at radius 2 is 1.80 bits per heavy atom. The van der Waals surface area contributed by atoms with Crippen LogP contribution in [0.1, 0.15) is 16.1 Å². The highest BCUT2D eigenvalue weighted by atomic mass is 16.5. The van der Waals surface area contributed by atoms with Gasteiger partial charge in [-0.05, 0) is 43.3 Å². The topological polar surface area (TPSA) is 31.2 Å². The molecule has 0 atom stereocenters. The number of rotatable bonds is 2. The molecule has 0 aliphatic heterocycles. The third-order valence-corrected chi connectivity index (χ3v) is 3.42. The standard InChI is InChI=1S/C17H15NO2/c1-12-10-14-11-15(20-2)8-9-16(14)18(12)17(19)13-6-4-3-5-7-13/h3-11H,1-2H3. The van der Waals surface area contributed by atoms with Crippen molar-refractivity contribution in [1.29, 1.82) is 0 Å². The molecule has 0 spiro atoms. The van der Waals surface area contributed by atoms with E-state index < -0.39 is 0 Å². The molecule has 0 fully saturated rings. The molecule has 3 nitrogen and oxygen atoms in total. The summed E-state index contributed by atoms with van der Waals surface area (Å²) in [7, 11) is 1.64. The van der Waals surface area contributed by atoms with Crippen molar-refractivity contribution >= 4 is 16.8 Å². The van der Waals surface area contributed by atoms with Crippen LogP contribution in [0.25, 0.3) is 10.9 Å². The van der Waals surface area contributed by atoms with Crippen LogP contribution in [0.4, 0.5) is 0 Å². The summed E-state index contributed by atoms with van der Waals surface area (Å²) in [5, 5.41) is 1.01. The molecule has 0 aliphatic rings. The molecule has 0 saturated carbocycles. The van der Waals surface area contributed by atoms with Crippen molar-refractivity contribution in [2.75, 3.05) is 7.11 Å². The van der Waals surface area contributed by atoms with E-state index >= 15 is 0 Å². The third-order valence-electron chi connectivity index (χ3n) is 3.42. The summed E-state index contributed by atoms with van der Waals surface area (Å²) < 4.78 is 6.96. The number of benzene rings is 2. The minimum absolute atomic E-state index is 0.0109. The highest BCUT2D eigenvalue weighted by molar-refractivity contribution is 6.03. The van der Waals surface area contributed by atoms with Crippen molar-refractivity contribution in [3.8, 4) is 5.75 Å². The van der Waals surface area contributed by atoms with Crippen LogP contribution in [-0.2, 0) is 0 Å². The van der Waals surface area contributed by atoms with Gasteiger partial charge in [0.05, 0.1) is 12.6 Å². The maximum atomic E-state index is 12.6. The van der Waals surface area contributed by atoms with E-state index in [9.17, 15) is 4.79 Å². The Labute approximate surface area is 117 Å². The molecular weight excluding hydrogens is 250 g/mol. The van der Waals surface area contributed by atoms with Crippen LogP contribution < -0.4 is 4.74 Å². The van der Waals surface area contributed by atoms with Crippen LogP contribution in [0, 0.1) is 6.92 Å². The summed E-state index contributed by atoms with van der Waals surface area (Å²) in [5.41, 5.74) is 2.50. The first kappa shape index (κ1) is 12.5. The van der Waals surface area contributed by atoms with Crippen molar-refractivity contribution in [2.24, 2.45) is 0 Å². The number of methoxy groups -OCH3 is 1. The molecule has 2 aromatic carbocycles. The van der Waals surface area contributed by atoms with E-state index in [4.69, 9.17) is 4.74 Å². The second-order valence-electron chi connectivity index (χ2n) is 4.72. The predicted octanol–water partition coefficient (Wildman–Crippen LogP) is 3.65. The van der Waals surface area contributed by atoms with E-state index in [0.717, 1.165) is 22.3 Å². The third kappa shape index (κ3) is 1.97. The number of carbonyl (C=O) groups excluding carboxylic acids is 1. The van der Waals surface area contributed by atoms with Gasteiger partial charge in [-0.2, -0.15) is 0 Å². The molecule has 0 amide bonds. The minimum atomic E-state index is -0.0109. The number of nitrogens with zero attached hydrogens (tertiary/aromatic N) is 1. The predicted molar refractivity (Wildman–Crippen MR) is 79.4 cm³/mol. The summed E-state index contributed by atoms with van der Waals surface area (Å²) in [6.45, 7) is 1.94. The molecule has 0 bridgehead atoms. The van der Waals surface area contributed by atoms with Crippen molar-refractivity contribution < 1.29 is 9.53 Å². The minimum Gasteiger partial charge on any atom is -0.497 e. The second-order valence-corrected chi connectivity index (χ2v) is 4.72. The maximum absolute atomic E-state index is 12.6. The average Bonchev–Trinajstić information content (AvgIpc) is 2.82. The normalized spacial score (nSPS) is 10.7. The number of hydrogen-bond acceptors (Lipinski definition) is 2. The van der Waals surface area contributed by atoms with Crippen LogP contribution in [0.5, 0.6) is 5.75 Å². The van der Waals surface area contributed by atoms with Gasteiger partial charge in [0.25, 0.3) is 5.91 Å². The molecular formula is C17H15NO2. The smallest absolute Gasteiger partial charge is 0.262 e. The summed E-state index contributed by atoms with van der Waals surface area (Å²) in [4.78, 5) is 12.6. The van der Waals surface area contributed by atoms with Gasteiger partial charge in [-0.15, -0.1) is 0 Å². The number of hydrogen-bond donors (Lipinski definition) is 0. The van der Waals surface area contributed by atoms with Crippen LogP contribution in [0.15, 0.2) is 54.6 Å². The highest BCUT2D eigenvalue weighted by Crippen LogP contribution is 2.25. The van der Waals surface area contributed by atoms with Gasteiger partial charge >= 0.3 is 0 Å². The molecule has 3 rings (SSSR count). The average molecular weight is 265 g/mol. The highest BCUT2D eigenvalue weighted by Gasteiger charge is 2.14. The van der Waals surface area contributed by atoms with E-state index in [-0.39, 0.29) is 5.91 Å². The molecule has 0 radical (unpaired) electrons. The van der Waals surface area contributed by atoms with Gasteiger partial charge in [0.15, 0.2) is 0 Å². The monoisotopic (exact) mass is 265 g/mol. The van der Waals surface area contributed by atoms with E-state index in [1.807, 2.05) is 61.5 Å². The Morgan fingerprint density at radius 3 is 2.50 bits per heavy atom. The van der Waals surface area contributed by atoms with E-state index in [1.165, 1.54) is 0 Å². The lowest BCUT2D eigenvalue weighted by Gasteiger charge is -2.07. The SMILES string of the molecule is COc1ccc2c(c1)cc(C)n2C(=O)c1ccccc1. The van der Waals surface area contributed by atoms with E-state index in [0.29, 0.717) is 5.56 Å². The summed E-state index contributed by atoms with van der Waals surface area (Å²) in [6, 6.07) is 17.0. The largest absolute Gasteiger partial charge is 0.497 e. The van der Waals surface area contributed by atoms with Gasteiger partial charge in [0, 0.05) is 16.6 Å². The Bertz CT molecular complexity index is 772. The number of fused-ring (bicyclic) bond motifs is 1. The zero-order valence-electron chi connectivity index (χ0n) is 11.5. The van der Waals surface area contributed by atoms with Crippen LogP contribution in [0.3, 0.4) is 0 Å². The zero-order chi connectivity index (χ0) is 14.1. The molecule has 20 heavy (non-hydrogen) atoms. The molecule has 100 valence electrons. The lowest BCUT2D eigenvalue weighted by Crippen LogP contribution is -2.12. The first-order chi connectivity index (χ1) is 9.70. The summed E-state index contributed by atoms with van der Waals surface area (Å²) >= 11 is 0. The molecule has 3 heteroatoms. The molecule has 0 aliphatic carbocycles. The van der Waals surface area contributed by atoms with Crippen molar-refractivity contribution in [3.05, 3.63) is 65.9 Å². The number of carbonyl (C=O) groups is 1. The molecule has 3 aromatic rings. The molecule has 1 aromatic heterocycles. The van der Waals surface area contributed by atoms with E-state index in [2.05, 4.69) is 0 Å². The summed E-state index contributed by atoms with van der Waals surface area (Å²) in [6.07, 6.45) is 0. The molecule has 0 N–H and O–H groups in total. The number of aryl methyl sites for hydroxylation is 1. The first-order valence-electron chi connectivity index (χ1n) is 6.46. The van der Waals surface area contributed by atoms with Crippen molar-refractivity contribution in [3.63, 3.8) is 0 Å². The number of ether oxygens (including phenoxy) is 1. The summed E-state index contributed by atoms with van der Waals surface area (Å²) in [5.74, 6) is 0.782. The Morgan fingerprint density at radius 1 is 1.05 bits per heavy atom. The van der Waals surface area contributed by atoms with Gasteiger partial charge in [0.1, 0.15) is 5.75 Å². The fraction of sp³-hybridized carbons (Fsp3) is 0.118. The lowest BCUT2D eigenvalue weighted by atomic mass is 10.2. The van der Waals surface area contributed by atoms with Crippen molar-refractivity contribution in [2.45, 2.75) is 6.92 Å². The lowest BCUT2D eigenvalue weighted by molar-refractivity contribution is 0.0963. The van der Waals surface area contributed by atoms with Gasteiger partial charge in [-0.1, -0.05) is 18.2 Å². The van der Waals surface area contributed by atoms with Crippen molar-refractivity contribution in [1.82, 2.24) is 4.57 Å². The van der Waals surface area contributed by atoms with Crippen LogP contribution >= 0.6 is 0 Å². The van der Waals surface area contributed by atoms with Gasteiger partial charge in [-0.3, -0.25) is 9.36 Å². The second kappa shape index (κ2) is 4.85. The Balaban J connectivity index is 2.16. The first-order valence-corrected chi connectivity index (χ1v) is 6.46. The van der Waals surface area contributed by atoms with Gasteiger partial charge in [0.2, 0.25) is 0 Å². The Kier molecular flexibility index (Phi) is 3.03. The zero-order valence-corrected chi connectivity index (χ0v) is 11.5. The molecule has 0 saturated heterocycles. The van der Waals surface area contributed by atoms with Gasteiger partial charge in [-0.25, -0.2) is 0 Å². The number of aromatic nitrogens is 1. The van der Waals surface area contributed by atoms with Gasteiger partial charge < -0.3 is 4.74 Å². The Hall–Kier alpha value is -2.55. The van der Waals surface area contributed by atoms with E-state index in [1.54, 1.807) is 11.7 Å². The maximum Gasteiger partial charge on any atom is 0.262 e. The van der Waals surface area contributed by atoms with Crippen LogP contribution in [-0.4, -0.2) is 17.6 Å². The fourth-order valence-electron chi connectivity index (χ4n) is 2.44. The van der Waals surface area contributed by atoms with Crippen LogP contribution in [0.2, 0.25) is 0 Å². The molecule has 1 heterocycles. The fourth-order valence-corrected chi connectivity index (χ4v) is 2.44.